The number of aromatic nitrogens is 2. The molecule has 0 amide bonds. The largest absolute Gasteiger partial charge is 0.264 e. The standard InChI is InChI=1S/C18H16N2S/c1-12-17(14-5-3-2-4-6-14)20-18(21-12)16-11-19-10-9-15(16)13-7-8-13/h2-6,9-11,13H,7-8H2,1H3. The highest BCUT2D eigenvalue weighted by Crippen LogP contribution is 2.45. The molecule has 21 heavy (non-hydrogen) atoms. The van der Waals surface area contributed by atoms with Gasteiger partial charge in [0.25, 0.3) is 0 Å². The van der Waals surface area contributed by atoms with Gasteiger partial charge in [-0.25, -0.2) is 4.98 Å². The number of pyridine rings is 1. The molecule has 0 radical (unpaired) electrons. The first-order valence-corrected chi connectivity index (χ1v) is 8.11. The van der Waals surface area contributed by atoms with Crippen LogP contribution in [0.15, 0.2) is 48.8 Å². The van der Waals surface area contributed by atoms with Gasteiger partial charge in [0.15, 0.2) is 0 Å². The molecule has 2 aromatic heterocycles. The molecule has 0 N–H and O–H groups in total. The third-order valence-corrected chi connectivity index (χ3v) is 4.95. The van der Waals surface area contributed by atoms with E-state index in [9.17, 15) is 0 Å². The smallest absolute Gasteiger partial charge is 0.126 e. The van der Waals surface area contributed by atoms with E-state index in [0.717, 1.165) is 10.7 Å². The molecule has 0 spiro atoms. The summed E-state index contributed by atoms with van der Waals surface area (Å²) in [5, 5.41) is 1.10. The molecule has 3 aromatic rings. The van der Waals surface area contributed by atoms with Gasteiger partial charge in [0.2, 0.25) is 0 Å². The van der Waals surface area contributed by atoms with Crippen LogP contribution in [0.5, 0.6) is 0 Å². The predicted octanol–water partition coefficient (Wildman–Crippen LogP) is 5.06. The first-order valence-electron chi connectivity index (χ1n) is 7.30. The normalized spacial score (nSPS) is 14.3. The summed E-state index contributed by atoms with van der Waals surface area (Å²) < 4.78 is 0. The van der Waals surface area contributed by atoms with Crippen molar-refractivity contribution in [2.75, 3.05) is 0 Å². The van der Waals surface area contributed by atoms with Crippen molar-refractivity contribution in [1.29, 1.82) is 0 Å². The first kappa shape index (κ1) is 12.7. The maximum absolute atomic E-state index is 4.90. The Morgan fingerprint density at radius 2 is 1.90 bits per heavy atom. The zero-order valence-corrected chi connectivity index (χ0v) is 12.7. The van der Waals surface area contributed by atoms with Crippen LogP contribution in [-0.2, 0) is 0 Å². The number of thiazole rings is 1. The molecular formula is C18H16N2S. The fourth-order valence-electron chi connectivity index (χ4n) is 2.71. The van der Waals surface area contributed by atoms with Gasteiger partial charge >= 0.3 is 0 Å². The van der Waals surface area contributed by atoms with Gasteiger partial charge in [0, 0.05) is 28.4 Å². The van der Waals surface area contributed by atoms with Gasteiger partial charge in [-0.2, -0.15) is 0 Å². The van der Waals surface area contributed by atoms with Crippen LogP contribution < -0.4 is 0 Å². The molecule has 0 atom stereocenters. The Bertz CT molecular complexity index is 773. The van der Waals surface area contributed by atoms with Crippen molar-refractivity contribution < 1.29 is 0 Å². The topological polar surface area (TPSA) is 25.8 Å². The number of hydrogen-bond donors (Lipinski definition) is 0. The zero-order chi connectivity index (χ0) is 14.2. The molecule has 1 aliphatic carbocycles. The van der Waals surface area contributed by atoms with Gasteiger partial charge in [-0.1, -0.05) is 30.3 Å². The molecule has 1 saturated carbocycles. The fraction of sp³-hybridized carbons (Fsp3) is 0.222. The minimum Gasteiger partial charge on any atom is -0.264 e. The van der Waals surface area contributed by atoms with Crippen molar-refractivity contribution >= 4 is 11.3 Å². The lowest BCUT2D eigenvalue weighted by Crippen LogP contribution is -1.88. The van der Waals surface area contributed by atoms with Crippen molar-refractivity contribution in [3.8, 4) is 21.8 Å². The molecule has 4 rings (SSSR count). The molecule has 0 unspecified atom stereocenters. The summed E-state index contributed by atoms with van der Waals surface area (Å²) in [6.07, 6.45) is 6.47. The van der Waals surface area contributed by atoms with Crippen molar-refractivity contribution in [2.45, 2.75) is 25.7 Å². The molecule has 1 aromatic carbocycles. The van der Waals surface area contributed by atoms with Gasteiger partial charge in [-0.15, -0.1) is 11.3 Å². The van der Waals surface area contributed by atoms with Crippen LogP contribution in [0.4, 0.5) is 0 Å². The van der Waals surface area contributed by atoms with Crippen molar-refractivity contribution in [1.82, 2.24) is 9.97 Å². The lowest BCUT2D eigenvalue weighted by atomic mass is 10.1. The number of aryl methyl sites for hydroxylation is 1. The van der Waals surface area contributed by atoms with Crippen LogP contribution >= 0.6 is 11.3 Å². The highest BCUT2D eigenvalue weighted by Gasteiger charge is 2.27. The van der Waals surface area contributed by atoms with Crippen LogP contribution in [0.2, 0.25) is 0 Å². The Hall–Kier alpha value is -2.00. The average molecular weight is 292 g/mol. The highest BCUT2D eigenvalue weighted by atomic mass is 32.1. The number of hydrogen-bond acceptors (Lipinski definition) is 3. The van der Waals surface area contributed by atoms with E-state index in [-0.39, 0.29) is 0 Å². The van der Waals surface area contributed by atoms with E-state index in [1.54, 1.807) is 11.3 Å². The van der Waals surface area contributed by atoms with Crippen molar-refractivity contribution in [3.05, 3.63) is 59.2 Å². The van der Waals surface area contributed by atoms with E-state index in [2.05, 4.69) is 42.2 Å². The maximum atomic E-state index is 4.90. The molecule has 1 aliphatic rings. The molecule has 3 heteroatoms. The quantitative estimate of drug-likeness (QED) is 0.674. The van der Waals surface area contributed by atoms with Crippen LogP contribution in [0, 0.1) is 6.92 Å². The Morgan fingerprint density at radius 1 is 1.10 bits per heavy atom. The summed E-state index contributed by atoms with van der Waals surface area (Å²) in [7, 11) is 0. The predicted molar refractivity (Wildman–Crippen MR) is 87.5 cm³/mol. The van der Waals surface area contributed by atoms with E-state index in [1.165, 1.54) is 34.4 Å². The van der Waals surface area contributed by atoms with Gasteiger partial charge in [0.05, 0.1) is 5.69 Å². The first-order chi connectivity index (χ1) is 10.3. The summed E-state index contributed by atoms with van der Waals surface area (Å²) in [6.45, 7) is 2.15. The second-order valence-electron chi connectivity index (χ2n) is 5.53. The minimum absolute atomic E-state index is 0.715. The van der Waals surface area contributed by atoms with Crippen molar-refractivity contribution in [3.63, 3.8) is 0 Å². The molecule has 0 saturated heterocycles. The average Bonchev–Trinajstić information content (AvgIpc) is 3.31. The second kappa shape index (κ2) is 5.08. The minimum atomic E-state index is 0.715. The fourth-order valence-corrected chi connectivity index (χ4v) is 3.68. The Kier molecular flexibility index (Phi) is 3.08. The molecule has 2 heterocycles. The van der Waals surface area contributed by atoms with E-state index >= 15 is 0 Å². The number of nitrogens with zero attached hydrogens (tertiary/aromatic N) is 2. The lowest BCUT2D eigenvalue weighted by Gasteiger charge is -2.04. The second-order valence-corrected chi connectivity index (χ2v) is 6.73. The van der Waals surface area contributed by atoms with Gasteiger partial charge in [-0.3, -0.25) is 4.98 Å². The van der Waals surface area contributed by atoms with Gasteiger partial charge in [-0.05, 0) is 37.3 Å². The Morgan fingerprint density at radius 3 is 2.67 bits per heavy atom. The van der Waals surface area contributed by atoms with E-state index in [4.69, 9.17) is 4.98 Å². The van der Waals surface area contributed by atoms with E-state index in [0.29, 0.717) is 5.92 Å². The summed E-state index contributed by atoms with van der Waals surface area (Å²) in [6, 6.07) is 12.6. The Balaban J connectivity index is 1.81. The maximum Gasteiger partial charge on any atom is 0.126 e. The zero-order valence-electron chi connectivity index (χ0n) is 11.9. The summed E-state index contributed by atoms with van der Waals surface area (Å²) in [5.41, 5.74) is 4.92. The van der Waals surface area contributed by atoms with E-state index < -0.39 is 0 Å². The SMILES string of the molecule is Cc1sc(-c2cnccc2C2CC2)nc1-c1ccccc1. The molecule has 104 valence electrons. The highest BCUT2D eigenvalue weighted by molar-refractivity contribution is 7.15. The third-order valence-electron chi connectivity index (χ3n) is 3.95. The summed E-state index contributed by atoms with van der Waals surface area (Å²) in [4.78, 5) is 10.5. The summed E-state index contributed by atoms with van der Waals surface area (Å²) in [5.74, 6) is 0.715. The molecule has 2 nitrogen and oxygen atoms in total. The molecular weight excluding hydrogens is 276 g/mol. The summed E-state index contributed by atoms with van der Waals surface area (Å²) >= 11 is 1.77. The van der Waals surface area contributed by atoms with Crippen LogP contribution in [0.3, 0.4) is 0 Å². The van der Waals surface area contributed by atoms with Gasteiger partial charge < -0.3 is 0 Å². The molecule has 1 fully saturated rings. The monoisotopic (exact) mass is 292 g/mol. The van der Waals surface area contributed by atoms with Crippen LogP contribution in [0.25, 0.3) is 21.8 Å². The molecule has 0 bridgehead atoms. The van der Waals surface area contributed by atoms with Gasteiger partial charge in [0.1, 0.15) is 5.01 Å². The van der Waals surface area contributed by atoms with Crippen LogP contribution in [0.1, 0.15) is 29.2 Å². The van der Waals surface area contributed by atoms with Crippen molar-refractivity contribution in [2.24, 2.45) is 0 Å². The van der Waals surface area contributed by atoms with E-state index in [1.807, 2.05) is 18.5 Å². The number of benzene rings is 1. The van der Waals surface area contributed by atoms with Crippen LogP contribution in [-0.4, -0.2) is 9.97 Å². The lowest BCUT2D eigenvalue weighted by molar-refractivity contribution is 1.11. The third kappa shape index (κ3) is 2.38. The molecule has 0 aliphatic heterocycles. The number of rotatable bonds is 3. The Labute approximate surface area is 128 Å².